The minimum Gasteiger partial charge on any atom is -0.382 e. The molecule has 1 aliphatic heterocycles. The predicted molar refractivity (Wildman–Crippen MR) is 74.6 cm³/mol. The molecular weight excluding hydrogens is 208 g/mol. The lowest BCUT2D eigenvalue weighted by Crippen LogP contribution is -2.22. The molecule has 1 unspecified atom stereocenters. The fourth-order valence-electron chi connectivity index (χ4n) is 2.38. The van der Waals surface area contributed by atoms with Crippen LogP contribution in [-0.2, 0) is 12.8 Å². The third-order valence-corrected chi connectivity index (χ3v) is 3.24. The summed E-state index contributed by atoms with van der Waals surface area (Å²) in [5, 5.41) is 6.99. The van der Waals surface area contributed by atoms with E-state index in [4.69, 9.17) is 0 Å². The van der Waals surface area contributed by atoms with E-state index in [0.29, 0.717) is 6.04 Å². The Hall–Kier alpha value is -1.02. The molecule has 0 aromatic heterocycles. The zero-order valence-corrected chi connectivity index (χ0v) is 11.2. The van der Waals surface area contributed by atoms with E-state index in [1.165, 1.54) is 23.2 Å². The zero-order chi connectivity index (χ0) is 12.3. The van der Waals surface area contributed by atoms with Crippen molar-refractivity contribution in [2.24, 2.45) is 5.92 Å². The van der Waals surface area contributed by atoms with Crippen molar-refractivity contribution in [2.45, 2.75) is 39.7 Å². The van der Waals surface area contributed by atoms with Gasteiger partial charge in [-0.1, -0.05) is 26.0 Å². The average Bonchev–Trinajstić information content (AvgIpc) is 2.63. The molecule has 94 valence electrons. The van der Waals surface area contributed by atoms with Crippen LogP contribution < -0.4 is 10.6 Å². The van der Waals surface area contributed by atoms with Crippen LogP contribution in [0.3, 0.4) is 0 Å². The van der Waals surface area contributed by atoms with Crippen molar-refractivity contribution < 1.29 is 0 Å². The monoisotopic (exact) mass is 232 g/mol. The van der Waals surface area contributed by atoms with Gasteiger partial charge >= 0.3 is 0 Å². The third kappa shape index (κ3) is 3.47. The van der Waals surface area contributed by atoms with Gasteiger partial charge in [0.15, 0.2) is 0 Å². The first-order chi connectivity index (χ1) is 8.15. The van der Waals surface area contributed by atoms with Crippen LogP contribution >= 0.6 is 0 Å². The Morgan fingerprint density at radius 3 is 3.00 bits per heavy atom. The van der Waals surface area contributed by atoms with Gasteiger partial charge in [-0.05, 0) is 56.0 Å². The van der Waals surface area contributed by atoms with Crippen molar-refractivity contribution >= 4 is 5.69 Å². The molecule has 1 atom stereocenters. The summed E-state index contributed by atoms with van der Waals surface area (Å²) in [6.45, 7) is 8.93. The molecule has 1 aromatic carbocycles. The highest BCUT2D eigenvalue weighted by atomic mass is 14.9. The first-order valence-corrected chi connectivity index (χ1v) is 6.74. The highest BCUT2D eigenvalue weighted by Gasteiger charge is 2.16. The van der Waals surface area contributed by atoms with Crippen molar-refractivity contribution in [3.05, 3.63) is 29.3 Å². The third-order valence-electron chi connectivity index (χ3n) is 3.24. The largest absolute Gasteiger partial charge is 0.382 e. The van der Waals surface area contributed by atoms with Crippen LogP contribution in [0.25, 0.3) is 0 Å². The summed E-state index contributed by atoms with van der Waals surface area (Å²) in [4.78, 5) is 0. The summed E-state index contributed by atoms with van der Waals surface area (Å²) in [5.74, 6) is 0.736. The molecule has 17 heavy (non-hydrogen) atoms. The Kier molecular flexibility index (Phi) is 4.06. The summed E-state index contributed by atoms with van der Waals surface area (Å²) >= 11 is 0. The Balaban J connectivity index is 1.84. The molecule has 0 amide bonds. The number of anilines is 1. The van der Waals surface area contributed by atoms with E-state index < -0.39 is 0 Å². The lowest BCUT2D eigenvalue weighted by atomic mass is 10.0. The SMILES string of the molecule is CC(C)CNCCc1ccc2c(c1)CC(C)N2. The quantitative estimate of drug-likeness (QED) is 0.763. The first-order valence-electron chi connectivity index (χ1n) is 6.74. The summed E-state index contributed by atoms with van der Waals surface area (Å²) in [6.07, 6.45) is 2.30. The average molecular weight is 232 g/mol. The molecule has 0 fully saturated rings. The molecule has 0 saturated carbocycles. The Morgan fingerprint density at radius 2 is 2.24 bits per heavy atom. The Morgan fingerprint density at radius 1 is 1.41 bits per heavy atom. The van der Waals surface area contributed by atoms with Gasteiger partial charge in [0.05, 0.1) is 0 Å². The maximum Gasteiger partial charge on any atom is 0.0375 e. The van der Waals surface area contributed by atoms with E-state index in [1.807, 2.05) is 0 Å². The van der Waals surface area contributed by atoms with E-state index in [9.17, 15) is 0 Å². The van der Waals surface area contributed by atoms with Crippen LogP contribution in [0.4, 0.5) is 5.69 Å². The van der Waals surface area contributed by atoms with E-state index in [-0.39, 0.29) is 0 Å². The van der Waals surface area contributed by atoms with Crippen LogP contribution in [-0.4, -0.2) is 19.1 Å². The predicted octanol–water partition coefficient (Wildman–Crippen LogP) is 2.83. The first kappa shape index (κ1) is 12.4. The van der Waals surface area contributed by atoms with Crippen molar-refractivity contribution in [2.75, 3.05) is 18.4 Å². The second kappa shape index (κ2) is 5.54. The van der Waals surface area contributed by atoms with Gasteiger partial charge in [-0.2, -0.15) is 0 Å². The number of nitrogens with one attached hydrogen (secondary N) is 2. The van der Waals surface area contributed by atoms with Gasteiger partial charge in [-0.15, -0.1) is 0 Å². The fourth-order valence-corrected chi connectivity index (χ4v) is 2.38. The minimum atomic E-state index is 0.597. The number of hydrogen-bond donors (Lipinski definition) is 2. The van der Waals surface area contributed by atoms with Crippen LogP contribution in [0.15, 0.2) is 18.2 Å². The van der Waals surface area contributed by atoms with E-state index in [2.05, 4.69) is 49.6 Å². The van der Waals surface area contributed by atoms with Crippen LogP contribution in [0.2, 0.25) is 0 Å². The van der Waals surface area contributed by atoms with Crippen molar-refractivity contribution in [1.82, 2.24) is 5.32 Å². The van der Waals surface area contributed by atoms with Crippen molar-refractivity contribution in [3.8, 4) is 0 Å². The number of hydrogen-bond acceptors (Lipinski definition) is 2. The van der Waals surface area contributed by atoms with Gasteiger partial charge in [-0.25, -0.2) is 0 Å². The molecule has 1 heterocycles. The lowest BCUT2D eigenvalue weighted by molar-refractivity contribution is 0.554. The minimum absolute atomic E-state index is 0.597. The van der Waals surface area contributed by atoms with E-state index >= 15 is 0 Å². The van der Waals surface area contributed by atoms with Crippen LogP contribution in [0.1, 0.15) is 31.9 Å². The summed E-state index contributed by atoms with van der Waals surface area (Å²) < 4.78 is 0. The number of rotatable bonds is 5. The Bertz CT molecular complexity index is 371. The normalized spacial score (nSPS) is 18.2. The van der Waals surface area contributed by atoms with Gasteiger partial charge in [0, 0.05) is 11.7 Å². The van der Waals surface area contributed by atoms with Gasteiger partial charge in [0.25, 0.3) is 0 Å². The van der Waals surface area contributed by atoms with E-state index in [0.717, 1.165) is 25.4 Å². The molecule has 0 spiro atoms. The molecule has 2 nitrogen and oxygen atoms in total. The smallest absolute Gasteiger partial charge is 0.0375 e. The highest BCUT2D eigenvalue weighted by Crippen LogP contribution is 2.26. The van der Waals surface area contributed by atoms with Gasteiger partial charge in [-0.3, -0.25) is 0 Å². The molecule has 0 bridgehead atoms. The van der Waals surface area contributed by atoms with Crippen LogP contribution in [0, 0.1) is 5.92 Å². The molecule has 1 aromatic rings. The second-order valence-electron chi connectivity index (χ2n) is 5.59. The number of fused-ring (bicyclic) bond motifs is 1. The van der Waals surface area contributed by atoms with Gasteiger partial charge in [0.2, 0.25) is 0 Å². The second-order valence-corrected chi connectivity index (χ2v) is 5.59. The Labute approximate surface area is 105 Å². The molecule has 2 N–H and O–H groups in total. The molecule has 2 heteroatoms. The van der Waals surface area contributed by atoms with Crippen molar-refractivity contribution in [1.29, 1.82) is 0 Å². The van der Waals surface area contributed by atoms with Crippen molar-refractivity contribution in [3.63, 3.8) is 0 Å². The molecule has 0 saturated heterocycles. The summed E-state index contributed by atoms with van der Waals surface area (Å²) in [5.41, 5.74) is 4.27. The highest BCUT2D eigenvalue weighted by molar-refractivity contribution is 5.57. The zero-order valence-electron chi connectivity index (χ0n) is 11.2. The summed E-state index contributed by atoms with van der Waals surface area (Å²) in [6, 6.07) is 7.44. The molecule has 2 rings (SSSR count). The summed E-state index contributed by atoms with van der Waals surface area (Å²) in [7, 11) is 0. The molecular formula is C15H24N2. The topological polar surface area (TPSA) is 24.1 Å². The van der Waals surface area contributed by atoms with Crippen LogP contribution in [0.5, 0.6) is 0 Å². The molecule has 0 aliphatic carbocycles. The fraction of sp³-hybridized carbons (Fsp3) is 0.600. The number of benzene rings is 1. The maximum absolute atomic E-state index is 3.49. The van der Waals surface area contributed by atoms with E-state index in [1.54, 1.807) is 0 Å². The van der Waals surface area contributed by atoms with Gasteiger partial charge in [0.1, 0.15) is 0 Å². The molecule has 0 radical (unpaired) electrons. The maximum atomic E-state index is 3.49. The lowest BCUT2D eigenvalue weighted by Gasteiger charge is -2.08. The standard InChI is InChI=1S/C15H24N2/c1-11(2)10-16-7-6-13-4-5-15-14(9-13)8-12(3)17-15/h4-5,9,11-12,16-17H,6-8,10H2,1-3H3. The van der Waals surface area contributed by atoms with Gasteiger partial charge < -0.3 is 10.6 Å². The molecule has 1 aliphatic rings.